The van der Waals surface area contributed by atoms with Gasteiger partial charge in [0, 0.05) is 44.7 Å². The van der Waals surface area contributed by atoms with Crippen LogP contribution >= 0.6 is 0 Å². The third kappa shape index (κ3) is 6.94. The number of aliphatic imine (C=N–C) groups is 1. The maximum atomic E-state index is 5.61. The van der Waals surface area contributed by atoms with E-state index in [1.165, 1.54) is 31.2 Å². The molecule has 0 saturated heterocycles. The molecule has 0 amide bonds. The van der Waals surface area contributed by atoms with Crippen LogP contribution in [0.5, 0.6) is 0 Å². The number of aromatic nitrogens is 1. The van der Waals surface area contributed by atoms with Crippen molar-refractivity contribution in [3.8, 4) is 0 Å². The summed E-state index contributed by atoms with van der Waals surface area (Å²) in [6.07, 6.45) is 9.24. The zero-order chi connectivity index (χ0) is 18.7. The molecule has 1 heterocycles. The Kier molecular flexibility index (Phi) is 8.89. The molecule has 146 valence electrons. The van der Waals surface area contributed by atoms with Crippen molar-refractivity contribution in [2.45, 2.75) is 59.3 Å². The molecule has 1 aliphatic carbocycles. The van der Waals surface area contributed by atoms with Crippen LogP contribution in [-0.4, -0.2) is 43.8 Å². The lowest BCUT2D eigenvalue weighted by atomic mass is 9.83. The lowest BCUT2D eigenvalue weighted by molar-refractivity contribution is 0.107. The quantitative estimate of drug-likeness (QED) is 0.381. The third-order valence-corrected chi connectivity index (χ3v) is 5.24. The van der Waals surface area contributed by atoms with E-state index in [2.05, 4.69) is 41.6 Å². The number of nitrogens with one attached hydrogen (secondary N) is 2. The Morgan fingerprint density at radius 2 is 2.04 bits per heavy atom. The van der Waals surface area contributed by atoms with Gasteiger partial charge in [0.1, 0.15) is 0 Å². The molecule has 1 saturated carbocycles. The molecule has 0 bridgehead atoms. The van der Waals surface area contributed by atoms with E-state index in [9.17, 15) is 0 Å². The van der Waals surface area contributed by atoms with Crippen LogP contribution in [0.3, 0.4) is 0 Å². The van der Waals surface area contributed by atoms with Gasteiger partial charge in [-0.1, -0.05) is 18.9 Å². The van der Waals surface area contributed by atoms with Gasteiger partial charge in [-0.05, 0) is 63.5 Å². The molecule has 26 heavy (non-hydrogen) atoms. The van der Waals surface area contributed by atoms with Crippen LogP contribution in [0, 0.1) is 12.3 Å². The molecule has 2 N–H and O–H groups in total. The smallest absolute Gasteiger partial charge is 0.191 e. The van der Waals surface area contributed by atoms with E-state index in [-0.39, 0.29) is 0 Å². The van der Waals surface area contributed by atoms with Gasteiger partial charge in [-0.15, -0.1) is 0 Å². The number of aryl methyl sites for hydroxylation is 1. The Bertz CT molecular complexity index is 535. The van der Waals surface area contributed by atoms with Crippen molar-refractivity contribution in [2.75, 3.05) is 32.8 Å². The summed E-state index contributed by atoms with van der Waals surface area (Å²) in [5.74, 6) is 0.926. The van der Waals surface area contributed by atoms with E-state index < -0.39 is 0 Å². The van der Waals surface area contributed by atoms with Crippen molar-refractivity contribution < 1.29 is 4.74 Å². The number of guanidine groups is 1. The van der Waals surface area contributed by atoms with Gasteiger partial charge < -0.3 is 15.4 Å². The molecule has 0 aromatic carbocycles. The maximum Gasteiger partial charge on any atom is 0.191 e. The summed E-state index contributed by atoms with van der Waals surface area (Å²) in [7, 11) is 0. The zero-order valence-electron chi connectivity index (χ0n) is 16.8. The minimum Gasteiger partial charge on any atom is -0.382 e. The molecular formula is C21H36N4O. The second kappa shape index (κ2) is 11.2. The minimum atomic E-state index is 0.332. The first-order chi connectivity index (χ1) is 12.7. The Hall–Kier alpha value is -1.62. The first-order valence-electron chi connectivity index (χ1n) is 10.2. The molecule has 0 aliphatic heterocycles. The Morgan fingerprint density at radius 3 is 2.69 bits per heavy atom. The van der Waals surface area contributed by atoms with E-state index in [0.717, 1.165) is 57.3 Å². The largest absolute Gasteiger partial charge is 0.382 e. The normalized spacial score (nSPS) is 16.7. The number of ether oxygens (including phenoxy) is 1. The maximum absolute atomic E-state index is 5.61. The Labute approximate surface area is 159 Å². The molecule has 0 spiro atoms. The van der Waals surface area contributed by atoms with Crippen molar-refractivity contribution in [3.63, 3.8) is 0 Å². The van der Waals surface area contributed by atoms with Gasteiger partial charge in [0.2, 0.25) is 0 Å². The lowest BCUT2D eigenvalue weighted by Gasteiger charge is -2.27. The van der Waals surface area contributed by atoms with Gasteiger partial charge in [0.05, 0.1) is 0 Å². The fraction of sp³-hybridized carbons (Fsp3) is 0.714. The van der Waals surface area contributed by atoms with Crippen molar-refractivity contribution in [3.05, 3.63) is 29.6 Å². The van der Waals surface area contributed by atoms with E-state index in [0.29, 0.717) is 5.41 Å². The highest BCUT2D eigenvalue weighted by Gasteiger charge is 2.33. The Morgan fingerprint density at radius 1 is 1.23 bits per heavy atom. The summed E-state index contributed by atoms with van der Waals surface area (Å²) in [6.45, 7) is 10.5. The monoisotopic (exact) mass is 360 g/mol. The molecule has 2 rings (SSSR count). The number of rotatable bonds is 10. The second-order valence-corrected chi connectivity index (χ2v) is 7.33. The van der Waals surface area contributed by atoms with E-state index in [4.69, 9.17) is 9.73 Å². The van der Waals surface area contributed by atoms with Crippen LogP contribution in [0.25, 0.3) is 0 Å². The van der Waals surface area contributed by atoms with Gasteiger partial charge in [-0.25, -0.2) is 0 Å². The molecule has 1 aromatic rings. The number of hydrogen-bond acceptors (Lipinski definition) is 3. The van der Waals surface area contributed by atoms with Crippen molar-refractivity contribution in [2.24, 2.45) is 10.4 Å². The highest BCUT2D eigenvalue weighted by molar-refractivity contribution is 5.79. The number of hydrogen-bond donors (Lipinski definition) is 2. The second-order valence-electron chi connectivity index (χ2n) is 7.33. The number of nitrogens with zero attached hydrogens (tertiary/aromatic N) is 2. The summed E-state index contributed by atoms with van der Waals surface area (Å²) < 4.78 is 5.61. The summed E-state index contributed by atoms with van der Waals surface area (Å²) in [4.78, 5) is 9.28. The predicted molar refractivity (Wildman–Crippen MR) is 109 cm³/mol. The minimum absolute atomic E-state index is 0.332. The zero-order valence-corrected chi connectivity index (χ0v) is 16.8. The molecule has 5 heteroatoms. The van der Waals surface area contributed by atoms with Crippen LogP contribution < -0.4 is 10.6 Å². The molecule has 1 aliphatic rings. The van der Waals surface area contributed by atoms with Gasteiger partial charge >= 0.3 is 0 Å². The van der Waals surface area contributed by atoms with Crippen molar-refractivity contribution >= 4 is 5.96 Å². The first kappa shape index (κ1) is 20.7. The van der Waals surface area contributed by atoms with E-state index >= 15 is 0 Å². The van der Waals surface area contributed by atoms with E-state index in [1.807, 2.05) is 13.1 Å². The van der Waals surface area contributed by atoms with Crippen molar-refractivity contribution in [1.82, 2.24) is 15.6 Å². The van der Waals surface area contributed by atoms with Crippen molar-refractivity contribution in [1.29, 1.82) is 0 Å². The first-order valence-corrected chi connectivity index (χ1v) is 10.2. The van der Waals surface area contributed by atoms with Crippen LogP contribution in [0.2, 0.25) is 0 Å². The molecule has 5 nitrogen and oxygen atoms in total. The summed E-state index contributed by atoms with van der Waals surface area (Å²) >= 11 is 0. The number of pyridine rings is 1. The molecule has 0 atom stereocenters. The SMILES string of the molecule is CCNC(=NCC1(CCOCC)CCCC1)NCCc1ccc(C)nc1. The average molecular weight is 361 g/mol. The molecular weight excluding hydrogens is 324 g/mol. The van der Waals surface area contributed by atoms with Gasteiger partial charge in [-0.2, -0.15) is 0 Å². The average Bonchev–Trinajstić information content (AvgIpc) is 3.11. The predicted octanol–water partition coefficient (Wildman–Crippen LogP) is 3.47. The summed E-state index contributed by atoms with van der Waals surface area (Å²) in [5, 5.41) is 6.85. The molecule has 1 fully saturated rings. The van der Waals surface area contributed by atoms with E-state index in [1.54, 1.807) is 0 Å². The fourth-order valence-corrected chi connectivity index (χ4v) is 3.61. The highest BCUT2D eigenvalue weighted by Crippen LogP contribution is 2.41. The lowest BCUT2D eigenvalue weighted by Crippen LogP contribution is -2.39. The van der Waals surface area contributed by atoms with Gasteiger partial charge in [0.25, 0.3) is 0 Å². The van der Waals surface area contributed by atoms with Crippen LogP contribution in [-0.2, 0) is 11.2 Å². The topological polar surface area (TPSA) is 58.5 Å². The van der Waals surface area contributed by atoms with Gasteiger partial charge in [0.15, 0.2) is 5.96 Å². The van der Waals surface area contributed by atoms with Crippen LogP contribution in [0.1, 0.15) is 57.2 Å². The van der Waals surface area contributed by atoms with Crippen LogP contribution in [0.15, 0.2) is 23.3 Å². The Balaban J connectivity index is 1.86. The third-order valence-electron chi connectivity index (χ3n) is 5.24. The summed E-state index contributed by atoms with van der Waals surface area (Å²) in [5.41, 5.74) is 2.65. The van der Waals surface area contributed by atoms with Crippen LogP contribution in [0.4, 0.5) is 0 Å². The molecule has 0 radical (unpaired) electrons. The highest BCUT2D eigenvalue weighted by atomic mass is 16.5. The molecule has 1 aromatic heterocycles. The summed E-state index contributed by atoms with van der Waals surface area (Å²) in [6, 6.07) is 4.21. The standard InChI is InChI=1S/C21H36N4O/c1-4-22-20(23-14-10-19-9-8-18(3)24-16-19)25-17-21(11-6-7-12-21)13-15-26-5-2/h8-9,16H,4-7,10-15,17H2,1-3H3,(H2,22,23,25). The van der Waals surface area contributed by atoms with Gasteiger partial charge in [-0.3, -0.25) is 9.98 Å². The fourth-order valence-electron chi connectivity index (χ4n) is 3.61. The molecule has 0 unspecified atom stereocenters.